The molecule has 0 aromatic carbocycles. The van der Waals surface area contributed by atoms with Crippen LogP contribution in [0.2, 0.25) is 0 Å². The van der Waals surface area contributed by atoms with Crippen molar-refractivity contribution >= 4 is 11.6 Å². The molecule has 0 bridgehead atoms. The Bertz CT molecular complexity index is 446. The molecule has 1 aromatic rings. The van der Waals surface area contributed by atoms with E-state index < -0.39 is 0 Å². The van der Waals surface area contributed by atoms with Crippen LogP contribution in [0.25, 0.3) is 0 Å². The summed E-state index contributed by atoms with van der Waals surface area (Å²) < 4.78 is 0. The first kappa shape index (κ1) is 14.8. The van der Waals surface area contributed by atoms with Gasteiger partial charge in [0, 0.05) is 19.1 Å². The molecule has 2 rings (SSSR count). The van der Waals surface area contributed by atoms with Gasteiger partial charge in [0.15, 0.2) is 0 Å². The minimum absolute atomic E-state index is 0.0828. The Balaban J connectivity index is 2.13. The third-order valence-electron chi connectivity index (χ3n) is 3.82. The van der Waals surface area contributed by atoms with Gasteiger partial charge in [-0.15, -0.1) is 0 Å². The summed E-state index contributed by atoms with van der Waals surface area (Å²) in [6.07, 6.45) is 2.90. The van der Waals surface area contributed by atoms with E-state index in [4.69, 9.17) is 0 Å². The van der Waals surface area contributed by atoms with E-state index in [2.05, 4.69) is 46.5 Å². The molecule has 110 valence electrons. The smallest absolute Gasteiger partial charge is 0.242 e. The topological polar surface area (TPSA) is 57.3 Å². The van der Waals surface area contributed by atoms with Gasteiger partial charge in [-0.25, -0.2) is 0 Å². The van der Waals surface area contributed by atoms with Gasteiger partial charge in [-0.1, -0.05) is 13.8 Å². The number of hydrogen-bond donors (Lipinski definition) is 2. The average molecular weight is 276 g/mol. The van der Waals surface area contributed by atoms with Crippen molar-refractivity contribution < 1.29 is 4.79 Å². The molecule has 2 unspecified atom stereocenters. The van der Waals surface area contributed by atoms with Crippen molar-refractivity contribution in [3.05, 3.63) is 24.0 Å². The lowest BCUT2D eigenvalue weighted by Crippen LogP contribution is -2.54. The Morgan fingerprint density at radius 2 is 2.30 bits per heavy atom. The molecule has 1 aliphatic rings. The summed E-state index contributed by atoms with van der Waals surface area (Å²) in [6, 6.07) is 4.30. The second-order valence-electron chi connectivity index (χ2n) is 5.12. The van der Waals surface area contributed by atoms with E-state index in [9.17, 15) is 4.79 Å². The summed E-state index contributed by atoms with van der Waals surface area (Å²) >= 11 is 0. The minimum atomic E-state index is -0.132. The largest absolute Gasteiger partial charge is 0.357 e. The zero-order chi connectivity index (χ0) is 14.5. The summed E-state index contributed by atoms with van der Waals surface area (Å²) in [6.45, 7) is 8.64. The van der Waals surface area contributed by atoms with Crippen LogP contribution in [0.1, 0.15) is 38.9 Å². The van der Waals surface area contributed by atoms with Crippen LogP contribution in [0, 0.1) is 0 Å². The van der Waals surface area contributed by atoms with Crippen LogP contribution in [-0.4, -0.2) is 36.6 Å². The zero-order valence-corrected chi connectivity index (χ0v) is 12.5. The first-order valence-corrected chi connectivity index (χ1v) is 7.41. The van der Waals surface area contributed by atoms with Crippen LogP contribution in [0.15, 0.2) is 18.3 Å². The van der Waals surface area contributed by atoms with Crippen molar-refractivity contribution in [2.75, 3.05) is 24.5 Å². The fraction of sp³-hybridized carbons (Fsp3) is 0.600. The summed E-state index contributed by atoms with van der Waals surface area (Å²) in [5, 5.41) is 6.30. The van der Waals surface area contributed by atoms with Crippen LogP contribution >= 0.6 is 0 Å². The monoisotopic (exact) mass is 276 g/mol. The Kier molecular flexibility index (Phi) is 4.95. The van der Waals surface area contributed by atoms with Gasteiger partial charge in [0.25, 0.3) is 0 Å². The Morgan fingerprint density at radius 3 is 2.90 bits per heavy atom. The van der Waals surface area contributed by atoms with Gasteiger partial charge in [-0.2, -0.15) is 0 Å². The third kappa shape index (κ3) is 3.10. The SMILES string of the molecule is CCNC(CC)c1ccc(N2CCNC(=O)C2C)cn1. The number of amides is 1. The van der Waals surface area contributed by atoms with E-state index in [0.29, 0.717) is 12.6 Å². The summed E-state index contributed by atoms with van der Waals surface area (Å²) in [5.41, 5.74) is 2.08. The summed E-state index contributed by atoms with van der Waals surface area (Å²) in [7, 11) is 0. The van der Waals surface area contributed by atoms with Crippen LogP contribution < -0.4 is 15.5 Å². The molecule has 1 amide bonds. The highest BCUT2D eigenvalue weighted by molar-refractivity contribution is 5.86. The van der Waals surface area contributed by atoms with Gasteiger partial charge in [0.05, 0.1) is 17.6 Å². The Labute approximate surface area is 120 Å². The Morgan fingerprint density at radius 1 is 1.50 bits per heavy atom. The molecule has 5 nitrogen and oxygen atoms in total. The normalized spacial score (nSPS) is 20.6. The van der Waals surface area contributed by atoms with Crippen molar-refractivity contribution in [3.63, 3.8) is 0 Å². The van der Waals surface area contributed by atoms with E-state index in [1.165, 1.54) is 0 Å². The first-order valence-electron chi connectivity index (χ1n) is 7.41. The minimum Gasteiger partial charge on any atom is -0.357 e. The molecule has 2 N–H and O–H groups in total. The van der Waals surface area contributed by atoms with Crippen LogP contribution in [0.3, 0.4) is 0 Å². The number of rotatable bonds is 5. The molecule has 0 aliphatic carbocycles. The number of aromatic nitrogens is 1. The first-order chi connectivity index (χ1) is 9.67. The number of pyridine rings is 1. The van der Waals surface area contributed by atoms with E-state index in [1.54, 1.807) is 0 Å². The molecule has 20 heavy (non-hydrogen) atoms. The predicted molar refractivity (Wildman–Crippen MR) is 80.8 cm³/mol. The molecule has 1 aromatic heterocycles. The molecule has 1 saturated heterocycles. The standard InChI is InChI=1S/C15H24N4O/c1-4-13(16-5-2)14-7-6-12(10-18-14)19-9-8-17-15(20)11(19)3/h6-7,10-11,13,16H,4-5,8-9H2,1-3H3,(H,17,20). The number of nitrogens with zero attached hydrogens (tertiary/aromatic N) is 2. The molecular weight excluding hydrogens is 252 g/mol. The van der Waals surface area contributed by atoms with Crippen molar-refractivity contribution in [2.24, 2.45) is 0 Å². The molecule has 5 heteroatoms. The third-order valence-corrected chi connectivity index (χ3v) is 3.82. The van der Waals surface area contributed by atoms with Crippen molar-refractivity contribution in [3.8, 4) is 0 Å². The van der Waals surface area contributed by atoms with Crippen LogP contribution in [-0.2, 0) is 4.79 Å². The molecule has 2 heterocycles. The molecule has 1 fully saturated rings. The van der Waals surface area contributed by atoms with Gasteiger partial charge in [0.2, 0.25) is 5.91 Å². The van der Waals surface area contributed by atoms with E-state index in [0.717, 1.165) is 30.9 Å². The number of carbonyl (C=O) groups is 1. The maximum Gasteiger partial charge on any atom is 0.242 e. The molecular formula is C15H24N4O. The van der Waals surface area contributed by atoms with E-state index >= 15 is 0 Å². The molecule has 0 radical (unpaired) electrons. The fourth-order valence-electron chi connectivity index (χ4n) is 2.61. The van der Waals surface area contributed by atoms with Crippen molar-refractivity contribution in [1.29, 1.82) is 0 Å². The number of nitrogens with one attached hydrogen (secondary N) is 2. The quantitative estimate of drug-likeness (QED) is 0.855. The van der Waals surface area contributed by atoms with Crippen LogP contribution in [0.4, 0.5) is 5.69 Å². The van der Waals surface area contributed by atoms with E-state index in [-0.39, 0.29) is 11.9 Å². The van der Waals surface area contributed by atoms with Crippen molar-refractivity contribution in [2.45, 2.75) is 39.3 Å². The highest BCUT2D eigenvalue weighted by Gasteiger charge is 2.25. The summed E-state index contributed by atoms with van der Waals surface area (Å²) in [5.74, 6) is 0.0828. The van der Waals surface area contributed by atoms with Gasteiger partial charge in [-0.05, 0) is 32.0 Å². The second-order valence-corrected chi connectivity index (χ2v) is 5.12. The maximum atomic E-state index is 11.7. The highest BCUT2D eigenvalue weighted by Crippen LogP contribution is 2.21. The molecule has 0 spiro atoms. The lowest BCUT2D eigenvalue weighted by molar-refractivity contribution is -0.122. The average Bonchev–Trinajstić information content (AvgIpc) is 2.48. The lowest BCUT2D eigenvalue weighted by Gasteiger charge is -2.34. The van der Waals surface area contributed by atoms with Gasteiger partial charge in [-0.3, -0.25) is 9.78 Å². The molecule has 2 atom stereocenters. The summed E-state index contributed by atoms with van der Waals surface area (Å²) in [4.78, 5) is 18.4. The zero-order valence-electron chi connectivity index (χ0n) is 12.5. The van der Waals surface area contributed by atoms with Gasteiger partial charge < -0.3 is 15.5 Å². The predicted octanol–water partition coefficient (Wildman–Crippen LogP) is 1.47. The van der Waals surface area contributed by atoms with Crippen molar-refractivity contribution in [1.82, 2.24) is 15.6 Å². The highest BCUT2D eigenvalue weighted by atomic mass is 16.2. The molecule has 1 aliphatic heterocycles. The lowest BCUT2D eigenvalue weighted by atomic mass is 10.1. The fourth-order valence-corrected chi connectivity index (χ4v) is 2.61. The second kappa shape index (κ2) is 6.70. The maximum absolute atomic E-state index is 11.7. The number of piperazine rings is 1. The Hall–Kier alpha value is -1.62. The number of anilines is 1. The van der Waals surface area contributed by atoms with Crippen LogP contribution in [0.5, 0.6) is 0 Å². The van der Waals surface area contributed by atoms with Gasteiger partial charge in [0.1, 0.15) is 6.04 Å². The van der Waals surface area contributed by atoms with Gasteiger partial charge >= 0.3 is 0 Å². The number of hydrogen-bond acceptors (Lipinski definition) is 4. The number of carbonyl (C=O) groups excluding carboxylic acids is 1. The van der Waals surface area contributed by atoms with E-state index in [1.807, 2.05) is 13.1 Å². The molecule has 0 saturated carbocycles.